The number of carbonyl (C=O) groups excluding carboxylic acids is 1. The van der Waals surface area contributed by atoms with E-state index < -0.39 is 0 Å². The third-order valence-electron chi connectivity index (χ3n) is 10.2. The fourth-order valence-electron chi connectivity index (χ4n) is 7.94. The largest absolute Gasteiger partial charge is 0.395 e. The second-order valence-electron chi connectivity index (χ2n) is 12.6. The molecule has 2 aliphatic heterocycles. The van der Waals surface area contributed by atoms with Gasteiger partial charge in [0.15, 0.2) is 5.82 Å². The minimum atomic E-state index is 0.0262. The average Bonchev–Trinajstić information content (AvgIpc) is 3.46. The first-order chi connectivity index (χ1) is 19.3. The lowest BCUT2D eigenvalue weighted by Crippen LogP contribution is -2.66. The van der Waals surface area contributed by atoms with Crippen LogP contribution in [0.25, 0.3) is 22.0 Å². The molecule has 0 atom stereocenters. The van der Waals surface area contributed by atoms with Crippen LogP contribution >= 0.6 is 11.6 Å². The molecule has 2 spiro atoms. The molecular weight excluding hydrogens is 526 g/mol. The van der Waals surface area contributed by atoms with Crippen LogP contribution in [0.5, 0.6) is 0 Å². The van der Waals surface area contributed by atoms with E-state index in [0.29, 0.717) is 12.6 Å². The normalized spacial score (nSPS) is 22.0. The Bertz CT molecular complexity index is 1490. The van der Waals surface area contributed by atoms with Crippen molar-refractivity contribution in [1.29, 1.82) is 0 Å². The molecule has 2 N–H and O–H groups in total. The van der Waals surface area contributed by atoms with Crippen molar-refractivity contribution in [3.8, 4) is 11.1 Å². The predicted octanol–water partition coefficient (Wildman–Crippen LogP) is 4.08. The molecule has 3 aromatic rings. The Labute approximate surface area is 239 Å². The van der Waals surface area contributed by atoms with E-state index >= 15 is 0 Å². The first-order valence-corrected chi connectivity index (χ1v) is 14.9. The molecular formula is C30H38ClN7O2. The fraction of sp³-hybridized carbons (Fsp3) is 0.567. The van der Waals surface area contributed by atoms with Gasteiger partial charge < -0.3 is 14.9 Å². The highest BCUT2D eigenvalue weighted by molar-refractivity contribution is 6.36. The van der Waals surface area contributed by atoms with Crippen LogP contribution in [-0.2, 0) is 4.79 Å². The highest BCUT2D eigenvalue weighted by Crippen LogP contribution is 2.56. The molecule has 7 rings (SSSR count). The van der Waals surface area contributed by atoms with Crippen molar-refractivity contribution < 1.29 is 9.90 Å². The van der Waals surface area contributed by atoms with Gasteiger partial charge in [0.2, 0.25) is 5.91 Å². The topological polar surface area (TPSA) is 93.5 Å². The Morgan fingerprint density at radius 3 is 2.67 bits per heavy atom. The number of amides is 1. The number of hydrogen-bond acceptors (Lipinski definition) is 6. The Morgan fingerprint density at radius 2 is 2.00 bits per heavy atom. The van der Waals surface area contributed by atoms with Gasteiger partial charge in [-0.1, -0.05) is 18.2 Å². The number of aromatic nitrogens is 4. The minimum absolute atomic E-state index is 0.0262. The summed E-state index contributed by atoms with van der Waals surface area (Å²) in [6.45, 7) is 13.1. The Kier molecular flexibility index (Phi) is 6.07. The number of piperazine rings is 1. The molecule has 1 aromatic carbocycles. The number of H-pyrrole nitrogens is 1. The monoisotopic (exact) mass is 563 g/mol. The number of aromatic amines is 1. The zero-order valence-electron chi connectivity index (χ0n) is 23.4. The standard InChI is InChI=1S/C30H38ClN7O2/c1-4-24(40)36-16-29(17-36)13-21(14-29)38-20(3)25(26-22-15-32-33-23(22)12-19(2)27(26)31)28(34-38)37-9-8-35(10-11-39)18-30(37)6-5-7-30/h4,12,15,21,39H,1,5-11,13-14,16-18H2,2-3H3,(H,32,33). The summed E-state index contributed by atoms with van der Waals surface area (Å²) in [6.07, 6.45) is 8.80. The third-order valence-corrected chi connectivity index (χ3v) is 10.6. The molecule has 9 nitrogen and oxygen atoms in total. The average molecular weight is 564 g/mol. The number of aliphatic hydroxyl groups excluding tert-OH is 1. The van der Waals surface area contributed by atoms with E-state index in [0.717, 1.165) is 103 Å². The zero-order valence-corrected chi connectivity index (χ0v) is 24.2. The maximum atomic E-state index is 12.1. The number of β-amino-alcohol motifs (C(OH)–C–C–N with tert-alkyl or cyclic N) is 1. The van der Waals surface area contributed by atoms with Crippen LogP contribution in [0.15, 0.2) is 24.9 Å². The molecule has 40 heavy (non-hydrogen) atoms. The molecule has 2 aliphatic carbocycles. The highest BCUT2D eigenvalue weighted by Gasteiger charge is 2.55. The molecule has 4 heterocycles. The van der Waals surface area contributed by atoms with E-state index in [4.69, 9.17) is 16.7 Å². The molecule has 0 bridgehead atoms. The third kappa shape index (κ3) is 3.77. The van der Waals surface area contributed by atoms with Crippen molar-refractivity contribution >= 4 is 34.2 Å². The van der Waals surface area contributed by atoms with Gasteiger partial charge in [0.05, 0.1) is 34.9 Å². The van der Waals surface area contributed by atoms with Gasteiger partial charge in [0.25, 0.3) is 0 Å². The van der Waals surface area contributed by atoms with E-state index in [1.54, 1.807) is 0 Å². The molecule has 4 fully saturated rings. The molecule has 1 amide bonds. The summed E-state index contributed by atoms with van der Waals surface area (Å²) in [6, 6.07) is 2.36. The number of aryl methyl sites for hydroxylation is 1. The Morgan fingerprint density at radius 1 is 1.23 bits per heavy atom. The Balaban J connectivity index is 1.31. The highest BCUT2D eigenvalue weighted by atomic mass is 35.5. The minimum Gasteiger partial charge on any atom is -0.395 e. The summed E-state index contributed by atoms with van der Waals surface area (Å²) in [5.74, 6) is 1.05. The van der Waals surface area contributed by atoms with E-state index in [1.807, 2.05) is 11.1 Å². The molecule has 0 unspecified atom stereocenters. The van der Waals surface area contributed by atoms with Crippen molar-refractivity contribution in [1.82, 2.24) is 29.8 Å². The van der Waals surface area contributed by atoms with Gasteiger partial charge in [-0.25, -0.2) is 0 Å². The van der Waals surface area contributed by atoms with Gasteiger partial charge in [-0.15, -0.1) is 0 Å². The number of anilines is 1. The summed E-state index contributed by atoms with van der Waals surface area (Å²) < 4.78 is 2.25. The summed E-state index contributed by atoms with van der Waals surface area (Å²) in [5.41, 5.74) is 5.48. The van der Waals surface area contributed by atoms with Crippen LogP contribution < -0.4 is 4.90 Å². The van der Waals surface area contributed by atoms with Crippen molar-refractivity contribution in [2.75, 3.05) is 50.8 Å². The molecule has 2 saturated carbocycles. The van der Waals surface area contributed by atoms with E-state index in [2.05, 4.69) is 51.2 Å². The quantitative estimate of drug-likeness (QED) is 0.439. The van der Waals surface area contributed by atoms with Gasteiger partial charge in [0.1, 0.15) is 0 Å². The van der Waals surface area contributed by atoms with Crippen LogP contribution in [-0.4, -0.2) is 92.2 Å². The molecule has 2 aromatic heterocycles. The van der Waals surface area contributed by atoms with Gasteiger partial charge >= 0.3 is 0 Å². The molecule has 2 saturated heterocycles. The lowest BCUT2D eigenvalue weighted by Gasteiger charge is -2.59. The number of nitrogens with zero attached hydrogens (tertiary/aromatic N) is 6. The van der Waals surface area contributed by atoms with Gasteiger partial charge in [-0.05, 0) is 63.7 Å². The number of likely N-dealkylation sites (tertiary alicyclic amines) is 1. The van der Waals surface area contributed by atoms with Crippen molar-refractivity contribution in [3.63, 3.8) is 0 Å². The Hall–Kier alpha value is -2.88. The van der Waals surface area contributed by atoms with E-state index in [-0.39, 0.29) is 23.5 Å². The van der Waals surface area contributed by atoms with Crippen LogP contribution in [0.3, 0.4) is 0 Å². The summed E-state index contributed by atoms with van der Waals surface area (Å²) in [5, 5.41) is 24.3. The van der Waals surface area contributed by atoms with E-state index in [9.17, 15) is 9.90 Å². The van der Waals surface area contributed by atoms with Gasteiger partial charge in [-0.3, -0.25) is 19.5 Å². The van der Waals surface area contributed by atoms with Crippen LogP contribution in [0, 0.1) is 19.3 Å². The smallest absolute Gasteiger partial charge is 0.245 e. The number of rotatable bonds is 6. The molecule has 10 heteroatoms. The second-order valence-corrected chi connectivity index (χ2v) is 13.0. The summed E-state index contributed by atoms with van der Waals surface area (Å²) in [7, 11) is 0. The maximum Gasteiger partial charge on any atom is 0.245 e. The number of fused-ring (bicyclic) bond motifs is 1. The van der Waals surface area contributed by atoms with E-state index in [1.165, 1.54) is 12.5 Å². The van der Waals surface area contributed by atoms with Gasteiger partial charge in [0, 0.05) is 66.9 Å². The number of carbonyl (C=O) groups is 1. The van der Waals surface area contributed by atoms with Crippen molar-refractivity contribution in [3.05, 3.63) is 41.2 Å². The number of halogens is 1. The van der Waals surface area contributed by atoms with Crippen molar-refractivity contribution in [2.24, 2.45) is 5.41 Å². The van der Waals surface area contributed by atoms with Crippen LogP contribution in [0.1, 0.15) is 49.4 Å². The predicted molar refractivity (Wildman–Crippen MR) is 157 cm³/mol. The van der Waals surface area contributed by atoms with Crippen LogP contribution in [0.4, 0.5) is 5.82 Å². The first-order valence-electron chi connectivity index (χ1n) is 14.5. The van der Waals surface area contributed by atoms with Gasteiger partial charge in [-0.2, -0.15) is 10.2 Å². The second kappa shape index (κ2) is 9.33. The van der Waals surface area contributed by atoms with Crippen molar-refractivity contribution in [2.45, 2.75) is 57.5 Å². The number of nitrogens with one attached hydrogen (secondary N) is 1. The summed E-state index contributed by atoms with van der Waals surface area (Å²) in [4.78, 5) is 18.9. The zero-order chi connectivity index (χ0) is 27.8. The maximum absolute atomic E-state index is 12.1. The SMILES string of the molecule is C=CC(=O)N1CC2(CC(n3nc(N4CCN(CCO)CC45CCC5)c(-c4c(Cl)c(C)cc5[nH]ncc45)c3C)C2)C1. The molecule has 212 valence electrons. The summed E-state index contributed by atoms with van der Waals surface area (Å²) >= 11 is 7.12. The lowest BCUT2D eigenvalue weighted by molar-refractivity contribution is -0.149. The molecule has 4 aliphatic rings. The number of hydrogen-bond donors (Lipinski definition) is 2. The fourth-order valence-corrected chi connectivity index (χ4v) is 8.19. The van der Waals surface area contributed by atoms with Crippen LogP contribution in [0.2, 0.25) is 5.02 Å². The number of benzene rings is 1. The number of aliphatic hydroxyl groups is 1. The first kappa shape index (κ1) is 26.0. The molecule has 0 radical (unpaired) electrons. The lowest BCUT2D eigenvalue weighted by atomic mass is 9.60.